The number of amides is 1. The van der Waals surface area contributed by atoms with Crippen LogP contribution in [-0.4, -0.2) is 54.7 Å². The molecule has 4 aliphatic carbocycles. The van der Waals surface area contributed by atoms with E-state index in [0.29, 0.717) is 52.9 Å². The van der Waals surface area contributed by atoms with Crippen LogP contribution in [0.15, 0.2) is 28.2 Å². The summed E-state index contributed by atoms with van der Waals surface area (Å²) in [7, 11) is 0. The summed E-state index contributed by atoms with van der Waals surface area (Å²) >= 11 is 0. The molecular weight excluding hydrogens is 533 g/mol. The average Bonchev–Trinajstić information content (AvgIpc) is 3.57. The van der Waals surface area contributed by atoms with Gasteiger partial charge in [-0.25, -0.2) is 28.5 Å². The van der Waals surface area contributed by atoms with E-state index in [2.05, 4.69) is 36.5 Å². The van der Waals surface area contributed by atoms with Gasteiger partial charge >= 0.3 is 0 Å². The molecule has 3 saturated carbocycles. The summed E-state index contributed by atoms with van der Waals surface area (Å²) < 4.78 is 48.0. The molecule has 2 heterocycles. The van der Waals surface area contributed by atoms with E-state index in [1.165, 1.54) is 18.9 Å². The molecule has 4 fully saturated rings. The molecule has 3 unspecified atom stereocenters. The molecule has 7 nitrogen and oxygen atoms in total. The molecule has 6 atom stereocenters. The second-order valence-corrected chi connectivity index (χ2v) is 14.1. The van der Waals surface area contributed by atoms with E-state index in [-0.39, 0.29) is 43.9 Å². The zero-order chi connectivity index (χ0) is 29.2. The standard InChI is InChI=1S/C31H45F3N4O3/c1-18(2)27-36-28(41-37-27)38-9-6-21(7-10-38)29(4)17-30(29)14-22(30)16-40-25-13-24(32)20(11-19(25)3)12-26(39)35-23-5-8-31(33,34)15-23/h13,18-19,21-23,28H,5-12,14-17H2,1-4H3,(H,35,39)(H,36,37)/t19?,22-,23?,28?,29-,30-/m1/s1. The van der Waals surface area contributed by atoms with Crippen LogP contribution >= 0.6 is 0 Å². The number of nitrogens with one attached hydrogen (secondary N) is 2. The van der Waals surface area contributed by atoms with Crippen molar-refractivity contribution in [1.29, 1.82) is 0 Å². The first-order valence-corrected chi connectivity index (χ1v) is 15.5. The highest BCUT2D eigenvalue weighted by atomic mass is 19.3. The largest absolute Gasteiger partial charge is 0.497 e. The number of hydroxylamine groups is 1. The first-order valence-electron chi connectivity index (χ1n) is 15.5. The molecule has 0 aromatic heterocycles. The van der Waals surface area contributed by atoms with Crippen molar-refractivity contribution in [2.45, 2.75) is 104 Å². The number of nitrogens with zero attached hydrogens (tertiary/aromatic N) is 2. The Morgan fingerprint density at radius 2 is 2.02 bits per heavy atom. The molecule has 2 aliphatic heterocycles. The van der Waals surface area contributed by atoms with E-state index in [1.54, 1.807) is 0 Å². The van der Waals surface area contributed by atoms with Crippen molar-refractivity contribution >= 4 is 11.7 Å². The lowest BCUT2D eigenvalue weighted by Crippen LogP contribution is -2.43. The van der Waals surface area contributed by atoms with Gasteiger partial charge in [0.25, 0.3) is 0 Å². The summed E-state index contributed by atoms with van der Waals surface area (Å²) in [5.41, 5.74) is 4.11. The molecule has 0 bridgehead atoms. The second-order valence-electron chi connectivity index (χ2n) is 14.1. The van der Waals surface area contributed by atoms with Gasteiger partial charge in [0.2, 0.25) is 18.2 Å². The Hall–Kier alpha value is -2.07. The van der Waals surface area contributed by atoms with Crippen LogP contribution in [0.25, 0.3) is 0 Å². The van der Waals surface area contributed by atoms with E-state index in [9.17, 15) is 18.0 Å². The summed E-state index contributed by atoms with van der Waals surface area (Å²) in [5, 5.41) is 2.66. The van der Waals surface area contributed by atoms with Crippen molar-refractivity contribution in [3.63, 3.8) is 0 Å². The van der Waals surface area contributed by atoms with Crippen LogP contribution < -0.4 is 10.8 Å². The fourth-order valence-corrected chi connectivity index (χ4v) is 8.16. The van der Waals surface area contributed by atoms with Crippen molar-refractivity contribution < 1.29 is 27.5 Å². The Bertz CT molecular complexity index is 1150. The third-order valence-electron chi connectivity index (χ3n) is 11.0. The Morgan fingerprint density at radius 1 is 1.27 bits per heavy atom. The minimum atomic E-state index is -2.72. The number of carbonyl (C=O) groups is 1. The van der Waals surface area contributed by atoms with Gasteiger partial charge in [-0.1, -0.05) is 27.7 Å². The maximum atomic E-state index is 14.9. The number of amidine groups is 1. The van der Waals surface area contributed by atoms with Crippen LogP contribution in [0.4, 0.5) is 13.2 Å². The van der Waals surface area contributed by atoms with Gasteiger partial charge in [-0.2, -0.15) is 0 Å². The minimum absolute atomic E-state index is 0.0242. The average molecular weight is 579 g/mol. The van der Waals surface area contributed by atoms with Crippen molar-refractivity contribution in [2.24, 2.45) is 39.5 Å². The van der Waals surface area contributed by atoms with Crippen LogP contribution in [0, 0.1) is 34.5 Å². The quantitative estimate of drug-likeness (QED) is 0.359. The molecule has 10 heteroatoms. The normalized spacial score (nSPS) is 38.6. The van der Waals surface area contributed by atoms with Gasteiger partial charge in [-0.05, 0) is 66.8 Å². The molecule has 1 spiro atoms. The predicted octanol–water partition coefficient (Wildman–Crippen LogP) is 5.85. The highest BCUT2D eigenvalue weighted by molar-refractivity contribution is 5.84. The molecule has 0 aromatic carbocycles. The second kappa shape index (κ2) is 10.6. The fourth-order valence-electron chi connectivity index (χ4n) is 8.16. The molecule has 1 saturated heterocycles. The van der Waals surface area contributed by atoms with Crippen molar-refractivity contribution in [3.8, 4) is 0 Å². The smallest absolute Gasteiger partial charge is 0.250 e. The van der Waals surface area contributed by atoms with Gasteiger partial charge in [0.05, 0.1) is 13.0 Å². The number of aliphatic imine (C=N–C) groups is 1. The number of halogens is 3. The lowest BCUT2D eigenvalue weighted by molar-refractivity contribution is -0.121. The van der Waals surface area contributed by atoms with Crippen LogP contribution in [0.2, 0.25) is 0 Å². The predicted molar refractivity (Wildman–Crippen MR) is 149 cm³/mol. The van der Waals surface area contributed by atoms with Crippen LogP contribution in [0.3, 0.4) is 0 Å². The first kappa shape index (κ1) is 29.0. The number of rotatable bonds is 9. The zero-order valence-corrected chi connectivity index (χ0v) is 24.8. The lowest BCUT2D eigenvalue weighted by atomic mass is 9.80. The lowest BCUT2D eigenvalue weighted by Gasteiger charge is -2.36. The third kappa shape index (κ3) is 5.67. The highest BCUT2D eigenvalue weighted by Gasteiger charge is 2.78. The number of ether oxygens (including phenoxy) is 1. The molecular formula is C31H45F3N4O3. The van der Waals surface area contributed by atoms with Crippen LogP contribution in [0.5, 0.6) is 0 Å². The maximum Gasteiger partial charge on any atom is 0.250 e. The van der Waals surface area contributed by atoms with Crippen molar-refractivity contribution in [1.82, 2.24) is 15.7 Å². The molecule has 41 heavy (non-hydrogen) atoms. The van der Waals surface area contributed by atoms with Crippen molar-refractivity contribution in [2.75, 3.05) is 19.7 Å². The number of alkyl halides is 2. The van der Waals surface area contributed by atoms with Crippen LogP contribution in [-0.2, 0) is 14.4 Å². The minimum Gasteiger partial charge on any atom is -0.497 e. The Balaban J connectivity index is 0.964. The number of hydrogen-bond acceptors (Lipinski definition) is 6. The van der Waals surface area contributed by atoms with E-state index >= 15 is 0 Å². The topological polar surface area (TPSA) is 75.2 Å². The summed E-state index contributed by atoms with van der Waals surface area (Å²) in [5.74, 6) is -0.483. The number of piperidine rings is 1. The molecule has 6 rings (SSSR count). The molecule has 0 aromatic rings. The molecule has 228 valence electrons. The third-order valence-corrected chi connectivity index (χ3v) is 11.0. The molecule has 1 amide bonds. The monoisotopic (exact) mass is 578 g/mol. The van der Waals surface area contributed by atoms with Gasteiger partial charge in [0, 0.05) is 49.9 Å². The fraction of sp³-hybridized carbons (Fsp3) is 0.806. The number of carbonyl (C=O) groups excluding carboxylic acids is 1. The van der Waals surface area contributed by atoms with Gasteiger partial charge in [0.15, 0.2) is 0 Å². The molecule has 0 radical (unpaired) electrons. The SMILES string of the molecule is CC(C)C1=NC(N2CCC([C@@]3(C)C[C@@]34C[C@@H]4COC3=CC(F)=C(CC(=O)NC4CCC(F)(F)C4)CC3C)CC2)ON1. The Labute approximate surface area is 241 Å². The van der Waals surface area contributed by atoms with Gasteiger partial charge in [0.1, 0.15) is 17.4 Å². The molecule has 6 aliphatic rings. The Kier molecular flexibility index (Phi) is 7.49. The van der Waals surface area contributed by atoms with Crippen molar-refractivity contribution in [3.05, 3.63) is 23.2 Å². The first-order chi connectivity index (χ1) is 19.4. The van der Waals surface area contributed by atoms with E-state index in [0.717, 1.165) is 31.8 Å². The Morgan fingerprint density at radius 3 is 2.68 bits per heavy atom. The highest BCUT2D eigenvalue weighted by Crippen LogP contribution is 2.84. The zero-order valence-electron chi connectivity index (χ0n) is 24.8. The van der Waals surface area contributed by atoms with E-state index < -0.39 is 17.8 Å². The van der Waals surface area contributed by atoms with Crippen LogP contribution in [0.1, 0.15) is 85.5 Å². The number of allylic oxidation sites excluding steroid dienone is 3. The summed E-state index contributed by atoms with van der Waals surface area (Å²) in [6.45, 7) is 11.2. The number of likely N-dealkylation sites (tertiary alicyclic amines) is 1. The van der Waals surface area contributed by atoms with Gasteiger partial charge in [-0.15, -0.1) is 0 Å². The molecule has 2 N–H and O–H groups in total. The van der Waals surface area contributed by atoms with E-state index in [4.69, 9.17) is 14.6 Å². The number of hydrogen-bond donors (Lipinski definition) is 2. The maximum absolute atomic E-state index is 14.9. The van der Waals surface area contributed by atoms with Gasteiger partial charge < -0.3 is 10.1 Å². The summed E-state index contributed by atoms with van der Waals surface area (Å²) in [6.07, 6.45) is 5.95. The van der Waals surface area contributed by atoms with E-state index in [1.807, 2.05) is 6.92 Å². The summed E-state index contributed by atoms with van der Waals surface area (Å²) in [4.78, 5) is 25.1. The van der Waals surface area contributed by atoms with Gasteiger partial charge in [-0.3, -0.25) is 9.69 Å². The summed E-state index contributed by atoms with van der Waals surface area (Å²) in [6, 6.07) is -0.533.